The van der Waals surface area contributed by atoms with Crippen LogP contribution in [0.3, 0.4) is 0 Å². The topological polar surface area (TPSA) is 49.1 Å². The second-order valence-corrected chi connectivity index (χ2v) is 4.06. The van der Waals surface area contributed by atoms with Crippen molar-refractivity contribution < 1.29 is 4.55 Å². The first-order valence-corrected chi connectivity index (χ1v) is 5.71. The van der Waals surface area contributed by atoms with Crippen LogP contribution in [0, 0.1) is 5.92 Å². The Kier molecular flexibility index (Phi) is 7.12. The van der Waals surface area contributed by atoms with Gasteiger partial charge in [-0.15, -0.1) is 0 Å². The number of nitrogens with two attached hydrogens (primary N) is 1. The van der Waals surface area contributed by atoms with E-state index in [0.29, 0.717) is 11.7 Å². The van der Waals surface area contributed by atoms with Crippen molar-refractivity contribution in [2.45, 2.75) is 39.5 Å². The first-order valence-electron chi connectivity index (χ1n) is 4.33. The second-order valence-electron chi connectivity index (χ2n) is 2.96. The summed E-state index contributed by atoms with van der Waals surface area (Å²) in [6, 6.07) is 0. The van der Waals surface area contributed by atoms with E-state index in [4.69, 9.17) is 5.14 Å². The van der Waals surface area contributed by atoms with Crippen LogP contribution in [0.15, 0.2) is 0 Å². The molecule has 0 aromatic rings. The maximum Gasteiger partial charge on any atom is 0.128 e. The molecule has 0 aliphatic carbocycles. The van der Waals surface area contributed by atoms with E-state index >= 15 is 0 Å². The van der Waals surface area contributed by atoms with Gasteiger partial charge in [-0.1, -0.05) is 26.7 Å². The molecule has 0 aromatic carbocycles. The molecule has 11 heavy (non-hydrogen) atoms. The van der Waals surface area contributed by atoms with Gasteiger partial charge in [0.15, 0.2) is 0 Å². The molecule has 2 atom stereocenters. The molecule has 0 aliphatic rings. The third kappa shape index (κ3) is 6.66. The normalized spacial score (nSPS) is 16.4. The Bertz CT molecular complexity index is 88.2. The van der Waals surface area contributed by atoms with Gasteiger partial charge in [-0.25, -0.2) is 0 Å². The summed E-state index contributed by atoms with van der Waals surface area (Å²) >= 11 is -1.10. The van der Waals surface area contributed by atoms with Crippen LogP contribution in [0.2, 0.25) is 0 Å². The zero-order chi connectivity index (χ0) is 8.69. The van der Waals surface area contributed by atoms with E-state index in [-0.39, 0.29) is 0 Å². The van der Waals surface area contributed by atoms with Crippen molar-refractivity contribution in [3.8, 4) is 0 Å². The molecule has 0 aromatic heterocycles. The Morgan fingerprint density at radius 3 is 2.45 bits per heavy atom. The highest BCUT2D eigenvalue weighted by Gasteiger charge is 2.11. The van der Waals surface area contributed by atoms with Crippen LogP contribution in [0.4, 0.5) is 0 Å². The van der Waals surface area contributed by atoms with Gasteiger partial charge in [0, 0.05) is 17.3 Å². The van der Waals surface area contributed by atoms with Crippen LogP contribution in [-0.4, -0.2) is 10.3 Å². The summed E-state index contributed by atoms with van der Waals surface area (Å²) in [7, 11) is 0. The Morgan fingerprint density at radius 2 is 2.09 bits per heavy atom. The highest BCUT2D eigenvalue weighted by Crippen LogP contribution is 2.13. The maximum absolute atomic E-state index is 10.7. The summed E-state index contributed by atoms with van der Waals surface area (Å²) < 4.78 is 10.7. The minimum atomic E-state index is -1.10. The van der Waals surface area contributed by atoms with Gasteiger partial charge < -0.3 is 4.55 Å². The molecule has 2 nitrogen and oxygen atoms in total. The summed E-state index contributed by atoms with van der Waals surface area (Å²) in [6.45, 7) is 4.30. The molecule has 0 amide bonds. The molecule has 0 spiro atoms. The molecular formula is C8H19NOS. The fraction of sp³-hybridized carbons (Fsp3) is 1.00. The van der Waals surface area contributed by atoms with Gasteiger partial charge in [-0.3, -0.25) is 0 Å². The SMILES string of the molecule is CCCCC(CC)C[S+](N)[O-]. The third-order valence-corrected chi connectivity index (χ3v) is 2.74. The van der Waals surface area contributed by atoms with Crippen LogP contribution in [-0.2, 0) is 11.4 Å². The lowest BCUT2D eigenvalue weighted by molar-refractivity contribution is 0.484. The summed E-state index contributed by atoms with van der Waals surface area (Å²) in [4.78, 5) is 0. The largest absolute Gasteiger partial charge is 0.598 e. The van der Waals surface area contributed by atoms with Crippen molar-refractivity contribution in [3.05, 3.63) is 0 Å². The first-order chi connectivity index (χ1) is 5.20. The molecule has 0 radical (unpaired) electrons. The molecule has 0 saturated heterocycles. The van der Waals surface area contributed by atoms with Gasteiger partial charge >= 0.3 is 0 Å². The molecule has 68 valence electrons. The van der Waals surface area contributed by atoms with E-state index in [2.05, 4.69) is 13.8 Å². The molecule has 0 aliphatic heterocycles. The van der Waals surface area contributed by atoms with Crippen molar-refractivity contribution >= 4 is 11.4 Å². The lowest BCUT2D eigenvalue weighted by Gasteiger charge is -2.13. The summed E-state index contributed by atoms with van der Waals surface area (Å²) in [5.41, 5.74) is 0. The predicted molar refractivity (Wildman–Crippen MR) is 50.5 cm³/mol. The van der Waals surface area contributed by atoms with Crippen LogP contribution >= 0.6 is 0 Å². The minimum absolute atomic E-state index is 0.570. The summed E-state index contributed by atoms with van der Waals surface area (Å²) in [5.74, 6) is 1.25. The van der Waals surface area contributed by atoms with E-state index < -0.39 is 11.4 Å². The van der Waals surface area contributed by atoms with E-state index in [1.807, 2.05) is 0 Å². The monoisotopic (exact) mass is 177 g/mol. The summed E-state index contributed by atoms with van der Waals surface area (Å²) in [5, 5.41) is 5.21. The third-order valence-electron chi connectivity index (χ3n) is 1.94. The van der Waals surface area contributed by atoms with Gasteiger partial charge in [0.2, 0.25) is 0 Å². The fourth-order valence-corrected chi connectivity index (χ4v) is 2.00. The lowest BCUT2D eigenvalue weighted by atomic mass is 10.0. The first kappa shape index (κ1) is 11.3. The predicted octanol–water partition coefficient (Wildman–Crippen LogP) is 1.83. The van der Waals surface area contributed by atoms with E-state index in [1.165, 1.54) is 19.3 Å². The van der Waals surface area contributed by atoms with E-state index in [1.54, 1.807) is 0 Å². The minimum Gasteiger partial charge on any atom is -0.598 e. The van der Waals surface area contributed by atoms with Crippen LogP contribution in [0.25, 0.3) is 0 Å². The molecule has 0 rings (SSSR count). The van der Waals surface area contributed by atoms with Gasteiger partial charge in [0.1, 0.15) is 5.75 Å². The number of hydrogen-bond donors (Lipinski definition) is 1. The fourth-order valence-electron chi connectivity index (χ4n) is 1.13. The highest BCUT2D eigenvalue weighted by molar-refractivity contribution is 7.89. The highest BCUT2D eigenvalue weighted by atomic mass is 32.2. The van der Waals surface area contributed by atoms with E-state index in [9.17, 15) is 4.55 Å². The van der Waals surface area contributed by atoms with Crippen molar-refractivity contribution in [2.75, 3.05) is 5.75 Å². The molecular weight excluding hydrogens is 158 g/mol. The standard InChI is InChI=1S/C8H19NOS/c1-3-5-6-8(4-2)7-11(9)10/h8H,3-7,9H2,1-2H3. The molecule has 0 saturated carbocycles. The van der Waals surface area contributed by atoms with E-state index in [0.717, 1.165) is 6.42 Å². The average molecular weight is 177 g/mol. The zero-order valence-electron chi connectivity index (χ0n) is 7.51. The Hall–Kier alpha value is 0.270. The van der Waals surface area contributed by atoms with Crippen molar-refractivity contribution in [2.24, 2.45) is 11.1 Å². The molecule has 2 N–H and O–H groups in total. The average Bonchev–Trinajstić information content (AvgIpc) is 1.97. The van der Waals surface area contributed by atoms with Gasteiger partial charge in [0.25, 0.3) is 0 Å². The van der Waals surface area contributed by atoms with Crippen LogP contribution < -0.4 is 5.14 Å². The lowest BCUT2D eigenvalue weighted by Crippen LogP contribution is -2.22. The van der Waals surface area contributed by atoms with Gasteiger partial charge in [0.05, 0.1) is 0 Å². The molecule has 3 heteroatoms. The molecule has 2 unspecified atom stereocenters. The maximum atomic E-state index is 10.7. The number of hydrogen-bond acceptors (Lipinski definition) is 2. The van der Waals surface area contributed by atoms with Crippen LogP contribution in [0.1, 0.15) is 39.5 Å². The number of unbranched alkanes of at least 4 members (excludes halogenated alkanes) is 1. The number of rotatable bonds is 6. The Morgan fingerprint density at radius 1 is 1.45 bits per heavy atom. The summed E-state index contributed by atoms with van der Waals surface area (Å²) in [6.07, 6.45) is 4.72. The molecule has 0 heterocycles. The molecule has 0 bridgehead atoms. The van der Waals surface area contributed by atoms with Gasteiger partial charge in [-0.05, 0) is 12.8 Å². The van der Waals surface area contributed by atoms with Crippen molar-refractivity contribution in [3.63, 3.8) is 0 Å². The van der Waals surface area contributed by atoms with Crippen molar-refractivity contribution in [1.29, 1.82) is 0 Å². The Balaban J connectivity index is 3.41. The Labute approximate surface area is 72.9 Å². The smallest absolute Gasteiger partial charge is 0.128 e. The van der Waals surface area contributed by atoms with Crippen molar-refractivity contribution in [1.82, 2.24) is 0 Å². The quantitative estimate of drug-likeness (QED) is 0.629. The van der Waals surface area contributed by atoms with Crippen LogP contribution in [0.5, 0.6) is 0 Å². The zero-order valence-corrected chi connectivity index (χ0v) is 8.32. The second kappa shape index (κ2) is 6.95. The molecule has 0 fully saturated rings. The van der Waals surface area contributed by atoms with Gasteiger partial charge in [-0.2, -0.15) is 5.14 Å².